The van der Waals surface area contributed by atoms with Crippen LogP contribution in [0.25, 0.3) is 0 Å². The molecule has 12 nitrogen and oxygen atoms in total. The molecule has 0 aromatic carbocycles. The lowest BCUT2D eigenvalue weighted by Crippen LogP contribution is -2.64. The Morgan fingerprint density at radius 3 is 0.750 bits per heavy atom. The summed E-state index contributed by atoms with van der Waals surface area (Å²) >= 11 is 0. The summed E-state index contributed by atoms with van der Waals surface area (Å²) in [7, 11) is 0. The molecule has 0 spiro atoms. The summed E-state index contributed by atoms with van der Waals surface area (Å²) in [5.41, 5.74) is 0.0309. The van der Waals surface area contributed by atoms with Crippen molar-refractivity contribution >= 4 is 0 Å². The summed E-state index contributed by atoms with van der Waals surface area (Å²) in [4.78, 5) is 0. The monoisotopic (exact) mass is 877 g/mol. The number of hydrogen-bond donors (Lipinski definition) is 8. The SMILES string of the molecule is CC(C)(C)C1C2C3NC4NC(NC5NC(NC6NC(NC(N3)C2C(C(C)(C)C)C(C(C)(C)C)C1C(C)(C)C)C1C(C#N)C(C#N)C(C#N)C(C#N)C61)C1CCCCC51)C1CCCCC41. The lowest BCUT2D eigenvalue weighted by Gasteiger charge is -2.64. The van der Waals surface area contributed by atoms with E-state index in [4.69, 9.17) is 0 Å². The molecule has 9 fully saturated rings. The molecule has 5 aliphatic heterocycles. The second kappa shape index (κ2) is 16.7. The van der Waals surface area contributed by atoms with Crippen LogP contribution in [0.5, 0.6) is 0 Å². The van der Waals surface area contributed by atoms with Crippen LogP contribution in [0.15, 0.2) is 0 Å². The predicted molar refractivity (Wildman–Crippen MR) is 248 cm³/mol. The van der Waals surface area contributed by atoms with Crippen LogP contribution < -0.4 is 42.5 Å². The fraction of sp³-hybridized carbons (Fsp3) is 0.923. The van der Waals surface area contributed by atoms with Gasteiger partial charge in [-0.1, -0.05) is 109 Å². The van der Waals surface area contributed by atoms with Crippen LogP contribution in [0.4, 0.5) is 0 Å². The molecular weight excluding hydrogens is 793 g/mol. The highest BCUT2D eigenvalue weighted by Crippen LogP contribution is 2.67. The molecule has 352 valence electrons. The van der Waals surface area contributed by atoms with Gasteiger partial charge in [0.15, 0.2) is 0 Å². The van der Waals surface area contributed by atoms with Crippen LogP contribution in [-0.4, -0.2) is 49.3 Å². The van der Waals surface area contributed by atoms with Gasteiger partial charge in [0.05, 0.1) is 97.3 Å². The van der Waals surface area contributed by atoms with Gasteiger partial charge >= 0.3 is 0 Å². The fourth-order valence-corrected chi connectivity index (χ4v) is 17.4. The highest BCUT2D eigenvalue weighted by atomic mass is 15.4. The molecule has 9 aliphatic rings. The minimum Gasteiger partial charge on any atom is -0.286 e. The van der Waals surface area contributed by atoms with E-state index in [0.29, 0.717) is 47.3 Å². The van der Waals surface area contributed by atoms with Gasteiger partial charge in [0.25, 0.3) is 0 Å². The van der Waals surface area contributed by atoms with Gasteiger partial charge in [-0.05, 0) is 107 Å². The van der Waals surface area contributed by atoms with Crippen molar-refractivity contribution in [3.05, 3.63) is 0 Å². The van der Waals surface area contributed by atoms with E-state index in [-0.39, 0.29) is 94.7 Å². The second-order valence-corrected chi connectivity index (χ2v) is 26.9. The van der Waals surface area contributed by atoms with E-state index in [1.54, 1.807) is 0 Å². The third kappa shape index (κ3) is 7.66. The van der Waals surface area contributed by atoms with E-state index in [1.165, 1.54) is 44.9 Å². The Labute approximate surface area is 386 Å². The van der Waals surface area contributed by atoms with E-state index in [2.05, 4.69) is 150 Å². The molecular formula is C52H84N12. The maximum Gasteiger partial charge on any atom is 0.0796 e. The standard InChI is InChI=1S/C52H84N12/c1-49(2,3)37-35-36(38(50(4,5)6)40(52(10,11)12)39(37)51(7,8)9)48-63-46-34-32(24-56)30(22-54)29(21-53)31(23-55)33(34)45(62-46)60-43-27-19-15-13-17-25(27)41(58-43)57-42-26-18-14-16-20-28(26)44(59-42)61-47(35)64-48/h25-48,57-64H,13-20H2,1-12H3. The molecule has 64 heavy (non-hydrogen) atoms. The zero-order valence-corrected chi connectivity index (χ0v) is 41.3. The van der Waals surface area contributed by atoms with Gasteiger partial charge in [-0.3, -0.25) is 42.5 Å². The molecule has 24 unspecified atom stereocenters. The lowest BCUT2D eigenvalue weighted by molar-refractivity contribution is -0.168. The van der Waals surface area contributed by atoms with Crippen LogP contribution >= 0.6 is 0 Å². The maximum absolute atomic E-state index is 11.1. The average molecular weight is 877 g/mol. The first kappa shape index (κ1) is 46.7. The predicted octanol–water partition coefficient (Wildman–Crippen LogP) is 6.69. The van der Waals surface area contributed by atoms with Gasteiger partial charge in [-0.2, -0.15) is 21.0 Å². The third-order valence-electron chi connectivity index (χ3n) is 19.3. The number of hydrogen-bond acceptors (Lipinski definition) is 12. The molecule has 4 saturated carbocycles. The highest BCUT2D eigenvalue weighted by molar-refractivity contribution is 5.24. The van der Waals surface area contributed by atoms with Crippen molar-refractivity contribution < 1.29 is 0 Å². The Morgan fingerprint density at radius 1 is 0.297 bits per heavy atom. The molecule has 0 aromatic heterocycles. The molecule has 12 heteroatoms. The molecule has 5 saturated heterocycles. The van der Waals surface area contributed by atoms with E-state index in [0.717, 1.165) is 6.42 Å². The van der Waals surface area contributed by atoms with Crippen LogP contribution in [0, 0.1) is 162 Å². The van der Waals surface area contributed by atoms with Crippen molar-refractivity contribution in [3.63, 3.8) is 0 Å². The van der Waals surface area contributed by atoms with E-state index < -0.39 is 23.7 Å². The fourth-order valence-electron chi connectivity index (χ4n) is 17.4. The highest BCUT2D eigenvalue weighted by Gasteiger charge is 2.68. The van der Waals surface area contributed by atoms with Crippen molar-refractivity contribution in [2.75, 3.05) is 0 Å². The molecule has 4 aliphatic carbocycles. The van der Waals surface area contributed by atoms with Gasteiger partial charge in [-0.25, -0.2) is 0 Å². The number of fused-ring (bicyclic) bond motifs is 20. The lowest BCUT2D eigenvalue weighted by atomic mass is 9.40. The first-order valence-corrected chi connectivity index (χ1v) is 25.8. The summed E-state index contributed by atoms with van der Waals surface area (Å²) in [6.45, 7) is 29.9. The van der Waals surface area contributed by atoms with Gasteiger partial charge in [0, 0.05) is 11.8 Å². The molecule has 24 atom stereocenters. The Hall–Kier alpha value is -2.36. The number of nitrogens with zero attached hydrogens (tertiary/aromatic N) is 4. The summed E-state index contributed by atoms with van der Waals surface area (Å²) in [5, 5.41) is 77.5. The van der Waals surface area contributed by atoms with E-state index in [1.807, 2.05) is 0 Å². The Kier molecular flexibility index (Phi) is 12.2. The van der Waals surface area contributed by atoms with Crippen LogP contribution in [0.2, 0.25) is 0 Å². The summed E-state index contributed by atoms with van der Waals surface area (Å²) < 4.78 is 0. The Morgan fingerprint density at radius 2 is 0.516 bits per heavy atom. The normalized spacial score (nSPS) is 50.4. The molecule has 9 rings (SSSR count). The molecule has 8 bridgehead atoms. The number of nitriles is 4. The summed E-state index contributed by atoms with van der Waals surface area (Å²) in [5.74, 6) is 0.171. The average Bonchev–Trinajstić information content (AvgIpc) is 3.96. The Balaban J connectivity index is 1.23. The van der Waals surface area contributed by atoms with Crippen LogP contribution in [0.3, 0.4) is 0 Å². The zero-order chi connectivity index (χ0) is 46.0. The third-order valence-corrected chi connectivity index (χ3v) is 19.3. The van der Waals surface area contributed by atoms with Crippen molar-refractivity contribution in [2.45, 2.75) is 184 Å². The van der Waals surface area contributed by atoms with E-state index in [9.17, 15) is 21.0 Å². The summed E-state index contributed by atoms with van der Waals surface area (Å²) in [6, 6.07) is 10.0. The second-order valence-electron chi connectivity index (χ2n) is 26.9. The van der Waals surface area contributed by atoms with Gasteiger partial charge in [-0.15, -0.1) is 0 Å². The minimum absolute atomic E-state index is 0.00217. The van der Waals surface area contributed by atoms with Crippen LogP contribution in [0.1, 0.15) is 134 Å². The van der Waals surface area contributed by atoms with Crippen molar-refractivity contribution in [3.8, 4) is 24.3 Å². The van der Waals surface area contributed by atoms with Crippen molar-refractivity contribution in [1.82, 2.24) is 42.5 Å². The molecule has 5 heterocycles. The number of nitrogens with one attached hydrogen (secondary N) is 8. The largest absolute Gasteiger partial charge is 0.286 e. The topological polar surface area (TPSA) is 191 Å². The van der Waals surface area contributed by atoms with Crippen molar-refractivity contribution in [1.29, 1.82) is 21.0 Å². The smallest absolute Gasteiger partial charge is 0.0796 e. The molecule has 8 N–H and O–H groups in total. The first-order valence-electron chi connectivity index (χ1n) is 25.8. The number of rotatable bonds is 0. The van der Waals surface area contributed by atoms with Crippen molar-refractivity contribution in [2.24, 2.45) is 116 Å². The van der Waals surface area contributed by atoms with Gasteiger partial charge in [0.1, 0.15) is 0 Å². The molecule has 0 aromatic rings. The minimum atomic E-state index is -0.857. The van der Waals surface area contributed by atoms with Gasteiger partial charge in [0.2, 0.25) is 0 Å². The first-order chi connectivity index (χ1) is 30.1. The summed E-state index contributed by atoms with van der Waals surface area (Å²) in [6.07, 6.45) is 9.39. The van der Waals surface area contributed by atoms with E-state index >= 15 is 0 Å². The zero-order valence-electron chi connectivity index (χ0n) is 41.3. The quantitative estimate of drug-likeness (QED) is 0.129. The Bertz CT molecular complexity index is 1900. The molecule has 0 amide bonds. The molecule has 0 radical (unpaired) electrons. The van der Waals surface area contributed by atoms with Gasteiger partial charge < -0.3 is 0 Å². The van der Waals surface area contributed by atoms with Crippen LogP contribution in [-0.2, 0) is 0 Å². The maximum atomic E-state index is 11.1.